The summed E-state index contributed by atoms with van der Waals surface area (Å²) in [6, 6.07) is 35.6. The molecule has 1 saturated carbocycles. The molecule has 1 aliphatic carbocycles. The molecule has 35 heteroatoms. The van der Waals surface area contributed by atoms with Gasteiger partial charge in [0, 0.05) is 139 Å². The Labute approximate surface area is 676 Å². The first kappa shape index (κ1) is 78.1. The van der Waals surface area contributed by atoms with Gasteiger partial charge in [-0.3, -0.25) is 30.3 Å². The molecule has 20 N–H and O–H groups in total. The van der Waals surface area contributed by atoms with Crippen molar-refractivity contribution in [1.82, 2.24) is 75.6 Å². The van der Waals surface area contributed by atoms with Gasteiger partial charge in [0.25, 0.3) is 0 Å². The van der Waals surface area contributed by atoms with Crippen LogP contribution in [0.5, 0.6) is 0 Å². The van der Waals surface area contributed by atoms with Crippen LogP contribution < -0.4 is 55.3 Å². The molecule has 3 aliphatic heterocycles. The third kappa shape index (κ3) is 19.2. The van der Waals surface area contributed by atoms with E-state index in [1.165, 1.54) is 0 Å². The van der Waals surface area contributed by atoms with Gasteiger partial charge in [0.05, 0.1) is 169 Å². The standard InChI is InChI=1S/C18H24N6OS.C16H19N5OS.C15H14N6S.C15H17N5OS.C15H16N4OS/c1-11-9-24(10-12(2)25-11)6-5-20-14-8-17(19)22-15-7-16(26-18(14)15)13-3-4-21-23-13;17-15-8-12(18-9-10-2-5-22-6-3-10)16-13(20-15)7-14(23-16)11-1-4-19-21-11;16-7-15(2-3-15)8-18-10-6-13(17)20-11-5-12(22-14(10)11)9-1-4-19-21-9;1-15(7-21-8-15)6-17-10-5-13(16)19-11-4-12(22-14(10)11)9-2-3-18-20-9;16-14-9-11(18-6-3-7-20)15-12(19-14)8-13(21-15)10-4-1-2-5-17-10/h3-4,7-8,11-12H,5-6,9-10H2,1-2H3,(H,21,23)(H3,19,20,22);1,4,7-8,10H,2-3,5-6,9H2,(H,19,21)(H3,17,18,20);1,4-6H,2-3,8H2,(H,19,21)(H3,17,18,20);2-5H,6-8H2,1H3,(H,18,20)(H3,16,17,19);1-2,4-5,8-9,20H,3,6-7H2,(H3,16,18,19)/t11-,12+;;;;. The highest BCUT2D eigenvalue weighted by Gasteiger charge is 2.43. The molecule has 15 aromatic heterocycles. The molecule has 4 aliphatic rings. The Morgan fingerprint density at radius 3 is 1.29 bits per heavy atom. The maximum Gasteiger partial charge on any atom is 0.126 e. The van der Waals surface area contributed by atoms with Gasteiger partial charge in [-0.05, 0) is 119 Å². The van der Waals surface area contributed by atoms with Crippen molar-refractivity contribution >= 4 is 165 Å². The summed E-state index contributed by atoms with van der Waals surface area (Å²) in [5.74, 6) is 3.22. The second kappa shape index (κ2) is 35.5. The number of anilines is 10. The van der Waals surface area contributed by atoms with Gasteiger partial charge in [0.2, 0.25) is 0 Å². The average Bonchev–Trinajstić information content (AvgIpc) is 1.77. The van der Waals surface area contributed by atoms with E-state index in [1.807, 2.05) is 91.0 Å². The molecule has 0 aromatic carbocycles. The van der Waals surface area contributed by atoms with Gasteiger partial charge in [-0.15, -0.1) is 56.7 Å². The number of rotatable bonds is 22. The molecular formula is C79H90N26O4S5. The minimum absolute atomic E-state index is 0.167. The van der Waals surface area contributed by atoms with Gasteiger partial charge in [0.1, 0.15) is 29.1 Å². The normalized spacial score (nSPS) is 16.3. The van der Waals surface area contributed by atoms with E-state index in [9.17, 15) is 5.26 Å². The quantitative estimate of drug-likeness (QED) is 0.0280. The van der Waals surface area contributed by atoms with Crippen molar-refractivity contribution in [3.8, 4) is 58.9 Å². The predicted octanol–water partition coefficient (Wildman–Crippen LogP) is 14.3. The number of nitriles is 1. The summed E-state index contributed by atoms with van der Waals surface area (Å²) in [5, 5.41) is 63.4. The zero-order valence-corrected chi connectivity index (χ0v) is 67.2. The first-order valence-corrected chi connectivity index (χ1v) is 41.7. The summed E-state index contributed by atoms with van der Waals surface area (Å²) < 4.78 is 22.0. The molecule has 15 aromatic rings. The van der Waals surface area contributed by atoms with Gasteiger partial charge in [-0.25, -0.2) is 24.9 Å². The topological polar surface area (TPSA) is 457 Å². The number of nitrogen functional groups attached to an aromatic ring is 5. The maximum absolute atomic E-state index is 9.20. The van der Waals surface area contributed by atoms with Crippen LogP contribution in [0.3, 0.4) is 0 Å². The van der Waals surface area contributed by atoms with Crippen LogP contribution in [0.4, 0.5) is 57.5 Å². The van der Waals surface area contributed by atoms with Crippen LogP contribution in [-0.2, 0) is 14.2 Å². The van der Waals surface area contributed by atoms with E-state index >= 15 is 0 Å². The molecule has 0 amide bonds. The number of ether oxygens (including phenoxy) is 3. The van der Waals surface area contributed by atoms with Crippen LogP contribution in [0, 0.1) is 28.1 Å². The lowest BCUT2D eigenvalue weighted by molar-refractivity contribution is -0.0924. The molecule has 0 radical (unpaired) electrons. The Morgan fingerprint density at radius 2 is 0.912 bits per heavy atom. The van der Waals surface area contributed by atoms with Gasteiger partial charge in [-0.2, -0.15) is 25.7 Å². The number of aliphatic hydroxyl groups excluding tert-OH is 1. The average molecular weight is 1630 g/mol. The molecule has 3 saturated heterocycles. The fraction of sp³-hybridized carbons (Fsp3) is 0.329. The number of hydrogen-bond donors (Lipinski definition) is 15. The van der Waals surface area contributed by atoms with E-state index in [4.69, 9.17) is 48.0 Å². The van der Waals surface area contributed by atoms with Crippen molar-refractivity contribution < 1.29 is 19.3 Å². The summed E-state index contributed by atoms with van der Waals surface area (Å²) in [6.07, 6.45) is 14.2. The van der Waals surface area contributed by atoms with Crippen molar-refractivity contribution in [2.24, 2.45) is 16.7 Å². The largest absolute Gasteiger partial charge is 0.396 e. The molecule has 2 atom stereocenters. The van der Waals surface area contributed by atoms with Crippen LogP contribution in [0.2, 0.25) is 0 Å². The third-order valence-corrected chi connectivity index (χ3v) is 25.5. The lowest BCUT2D eigenvalue weighted by Gasteiger charge is -2.38. The number of nitrogens with zero attached hydrogens (tertiary/aromatic N) is 12. The molecule has 4 fully saturated rings. The number of nitrogens with two attached hydrogens (primary N) is 5. The van der Waals surface area contributed by atoms with Crippen LogP contribution >= 0.6 is 56.7 Å². The van der Waals surface area contributed by atoms with Crippen molar-refractivity contribution in [3.63, 3.8) is 0 Å². The maximum atomic E-state index is 9.20. The van der Waals surface area contributed by atoms with Crippen molar-refractivity contribution in [1.29, 1.82) is 5.26 Å². The number of morpholine rings is 1. The van der Waals surface area contributed by atoms with Gasteiger partial charge >= 0.3 is 0 Å². The Morgan fingerprint density at radius 1 is 0.509 bits per heavy atom. The van der Waals surface area contributed by atoms with Crippen LogP contribution in [0.1, 0.15) is 52.9 Å². The van der Waals surface area contributed by atoms with Crippen molar-refractivity contribution in [3.05, 3.63) is 134 Å². The van der Waals surface area contributed by atoms with Gasteiger partial charge < -0.3 is 74.6 Å². The molecular weight excluding hydrogens is 1540 g/mol. The molecule has 19 rings (SSSR count). The number of aromatic amines is 4. The smallest absolute Gasteiger partial charge is 0.126 e. The Hall–Kier alpha value is -11.2. The SMILES string of the molecule is CC1(CNc2cc(N)nc3cc(-c4ccn[nH]4)sc23)COC1.C[C@@H]1CN(CCNc2cc(N)nc3cc(-c4ccn[nH]4)sc23)C[C@H](C)O1.N#CC1(CNc2cc(N)nc3cc(-c4ccn[nH]4)sc23)CC1.Nc1cc(NCC2CCOCC2)c2sc(-c3ccn[nH]3)cc2n1.Nc1cc(NCCCO)c2sc(-c3ccccn3)cc2n1. The summed E-state index contributed by atoms with van der Waals surface area (Å²) in [7, 11) is 0. The number of nitrogens with one attached hydrogen (secondary N) is 9. The monoisotopic (exact) mass is 1630 g/mol. The minimum atomic E-state index is -0.201. The zero-order chi connectivity index (χ0) is 78.7. The van der Waals surface area contributed by atoms with E-state index < -0.39 is 0 Å². The number of H-pyrrole nitrogens is 4. The van der Waals surface area contributed by atoms with E-state index in [0.29, 0.717) is 54.5 Å². The third-order valence-electron chi connectivity index (χ3n) is 19.6. The number of aromatic nitrogens is 14. The second-order valence-electron chi connectivity index (χ2n) is 29.0. The number of aliphatic hydroxyl groups is 1. The summed E-state index contributed by atoms with van der Waals surface area (Å²) in [5.41, 5.74) is 44.1. The van der Waals surface area contributed by atoms with Crippen molar-refractivity contribution in [2.45, 2.75) is 65.1 Å². The van der Waals surface area contributed by atoms with Crippen LogP contribution in [-0.4, -0.2) is 178 Å². The summed E-state index contributed by atoms with van der Waals surface area (Å²) >= 11 is 8.35. The van der Waals surface area contributed by atoms with Gasteiger partial charge in [-0.1, -0.05) is 13.0 Å². The first-order valence-electron chi connectivity index (χ1n) is 37.6. The molecule has 0 bridgehead atoms. The Kier molecular flexibility index (Phi) is 24.3. The van der Waals surface area contributed by atoms with E-state index in [1.54, 1.807) is 87.7 Å². The first-order chi connectivity index (χ1) is 55.5. The summed E-state index contributed by atoms with van der Waals surface area (Å²) in [6.45, 7) is 16.9. The predicted molar refractivity (Wildman–Crippen MR) is 464 cm³/mol. The minimum Gasteiger partial charge on any atom is -0.396 e. The lowest BCUT2D eigenvalue weighted by Crippen LogP contribution is -2.46. The number of thiophene rings is 5. The van der Waals surface area contributed by atoms with Gasteiger partial charge in [0.15, 0.2) is 0 Å². The fourth-order valence-corrected chi connectivity index (χ4v) is 18.9. The molecule has 30 nitrogen and oxygen atoms in total. The zero-order valence-electron chi connectivity index (χ0n) is 63.1. The number of pyridine rings is 6. The Bertz CT molecular complexity index is 5700. The highest BCUT2D eigenvalue weighted by Crippen LogP contribution is 2.47. The fourth-order valence-electron chi connectivity index (χ4n) is 13.5. The Balaban J connectivity index is 0.000000112. The molecule has 590 valence electrons. The van der Waals surface area contributed by atoms with E-state index in [2.05, 4.69) is 141 Å². The van der Waals surface area contributed by atoms with E-state index in [-0.39, 0.29) is 29.6 Å². The lowest BCUT2D eigenvalue weighted by atomic mass is 9.89. The highest BCUT2D eigenvalue weighted by atomic mass is 32.1. The summed E-state index contributed by atoms with van der Waals surface area (Å²) in [4.78, 5) is 34.4. The number of hydrogen-bond acceptors (Lipinski definition) is 31. The second-order valence-corrected chi connectivity index (χ2v) is 34.2. The molecule has 18 heterocycles. The number of fused-ring (bicyclic) bond motifs is 5. The van der Waals surface area contributed by atoms with Crippen LogP contribution in [0.25, 0.3) is 104 Å². The highest BCUT2D eigenvalue weighted by molar-refractivity contribution is 7.24. The molecule has 0 unspecified atom stereocenters. The van der Waals surface area contributed by atoms with Crippen molar-refractivity contribution in [2.75, 3.05) is 141 Å². The molecule has 114 heavy (non-hydrogen) atoms. The van der Waals surface area contributed by atoms with E-state index in [0.717, 1.165) is 224 Å². The van der Waals surface area contributed by atoms with Crippen LogP contribution in [0.15, 0.2) is 134 Å². The molecule has 0 spiro atoms.